The highest BCUT2D eigenvalue weighted by Gasteiger charge is 2.07. The Kier molecular flexibility index (Phi) is 4.71. The third kappa shape index (κ3) is 3.47. The van der Waals surface area contributed by atoms with Gasteiger partial charge in [-0.05, 0) is 18.1 Å². The molecule has 0 amide bonds. The maximum absolute atomic E-state index is 9.01. The molecule has 4 heteroatoms. The minimum atomic E-state index is 0.194. The zero-order valence-electron chi connectivity index (χ0n) is 9.68. The summed E-state index contributed by atoms with van der Waals surface area (Å²) in [6, 6.07) is 7.80. The van der Waals surface area contributed by atoms with E-state index in [1.54, 1.807) is 0 Å². The van der Waals surface area contributed by atoms with E-state index in [0.29, 0.717) is 4.99 Å². The number of thiocarbonyl (C=S) groups is 1. The van der Waals surface area contributed by atoms with Crippen molar-refractivity contribution in [3.63, 3.8) is 0 Å². The number of aliphatic hydroxyl groups is 1. The van der Waals surface area contributed by atoms with Gasteiger partial charge < -0.3 is 15.7 Å². The van der Waals surface area contributed by atoms with Crippen molar-refractivity contribution in [1.82, 2.24) is 0 Å². The molecule has 0 saturated heterocycles. The predicted molar refractivity (Wildman–Crippen MR) is 71.8 cm³/mol. The second kappa shape index (κ2) is 5.82. The maximum atomic E-state index is 9.01. The molecule has 0 heterocycles. The quantitative estimate of drug-likeness (QED) is 0.761. The highest BCUT2D eigenvalue weighted by atomic mass is 32.1. The molecular formula is C12H18N2OS. The molecule has 3 N–H and O–H groups in total. The summed E-state index contributed by atoms with van der Waals surface area (Å²) in [5.74, 6) is 0.249. The number of aliphatic hydroxyl groups excluding tert-OH is 1. The molecule has 0 aliphatic carbocycles. The zero-order valence-corrected chi connectivity index (χ0v) is 10.5. The topological polar surface area (TPSA) is 49.5 Å². The summed E-state index contributed by atoms with van der Waals surface area (Å²) < 4.78 is 0. The fourth-order valence-corrected chi connectivity index (χ4v) is 1.65. The zero-order chi connectivity index (χ0) is 12.1. The van der Waals surface area contributed by atoms with Crippen LogP contribution in [0.3, 0.4) is 0 Å². The molecule has 1 aromatic rings. The van der Waals surface area contributed by atoms with Gasteiger partial charge in [0, 0.05) is 31.5 Å². The summed E-state index contributed by atoms with van der Waals surface area (Å²) in [7, 11) is 1.99. The Morgan fingerprint density at radius 3 is 2.81 bits per heavy atom. The summed E-state index contributed by atoms with van der Waals surface area (Å²) in [6.45, 7) is 3.00. The maximum Gasteiger partial charge on any atom is 0.104 e. The van der Waals surface area contributed by atoms with Gasteiger partial charge in [0.05, 0.1) is 0 Å². The van der Waals surface area contributed by atoms with E-state index >= 15 is 0 Å². The summed E-state index contributed by atoms with van der Waals surface area (Å²) in [4.78, 5) is 2.49. The monoisotopic (exact) mass is 238 g/mol. The Hall–Kier alpha value is -1.13. The molecule has 0 bridgehead atoms. The van der Waals surface area contributed by atoms with Gasteiger partial charge in [-0.1, -0.05) is 31.3 Å². The molecule has 0 aliphatic heterocycles. The molecule has 0 saturated carbocycles. The minimum Gasteiger partial charge on any atom is -0.396 e. The van der Waals surface area contributed by atoms with Crippen molar-refractivity contribution < 1.29 is 5.11 Å². The summed E-state index contributed by atoms with van der Waals surface area (Å²) in [5.41, 5.74) is 7.52. The van der Waals surface area contributed by atoms with Gasteiger partial charge in [0.15, 0.2) is 0 Å². The highest BCUT2D eigenvalue weighted by molar-refractivity contribution is 7.80. The first-order valence-electron chi connectivity index (χ1n) is 5.26. The largest absolute Gasteiger partial charge is 0.396 e. The van der Waals surface area contributed by atoms with Crippen molar-refractivity contribution in [3.05, 3.63) is 29.8 Å². The van der Waals surface area contributed by atoms with Gasteiger partial charge in [0.2, 0.25) is 0 Å². The number of hydrogen-bond acceptors (Lipinski definition) is 3. The fraction of sp³-hybridized carbons (Fsp3) is 0.417. The SMILES string of the molecule is CC(CO)CN(C)c1cccc(C(N)=S)c1. The lowest BCUT2D eigenvalue weighted by atomic mass is 10.1. The third-order valence-electron chi connectivity index (χ3n) is 2.47. The van der Waals surface area contributed by atoms with E-state index < -0.39 is 0 Å². The first-order chi connectivity index (χ1) is 7.54. The third-order valence-corrected chi connectivity index (χ3v) is 2.70. The highest BCUT2D eigenvalue weighted by Crippen LogP contribution is 2.16. The standard InChI is InChI=1S/C12H18N2OS/c1-9(8-15)7-14(2)11-5-3-4-10(6-11)12(13)16/h3-6,9,15H,7-8H2,1-2H3,(H2,13,16). The summed E-state index contributed by atoms with van der Waals surface area (Å²) in [6.07, 6.45) is 0. The first-order valence-corrected chi connectivity index (χ1v) is 5.67. The molecule has 1 aromatic carbocycles. The Morgan fingerprint density at radius 1 is 1.56 bits per heavy atom. The van der Waals surface area contributed by atoms with E-state index in [1.807, 2.05) is 38.2 Å². The van der Waals surface area contributed by atoms with E-state index in [9.17, 15) is 0 Å². The number of nitrogens with two attached hydrogens (primary N) is 1. The van der Waals surface area contributed by atoms with E-state index in [2.05, 4.69) is 4.90 Å². The van der Waals surface area contributed by atoms with Crippen LogP contribution in [0, 0.1) is 5.92 Å². The molecule has 3 nitrogen and oxygen atoms in total. The van der Waals surface area contributed by atoms with Crippen LogP contribution in [0.25, 0.3) is 0 Å². The molecule has 1 rings (SSSR count). The number of benzene rings is 1. The predicted octanol–water partition coefficient (Wildman–Crippen LogP) is 1.39. The summed E-state index contributed by atoms with van der Waals surface area (Å²) in [5, 5.41) is 9.01. The molecule has 88 valence electrons. The molecule has 16 heavy (non-hydrogen) atoms. The van der Waals surface area contributed by atoms with E-state index in [1.165, 1.54) is 0 Å². The number of nitrogens with zero attached hydrogens (tertiary/aromatic N) is 1. The van der Waals surface area contributed by atoms with E-state index in [-0.39, 0.29) is 12.5 Å². The van der Waals surface area contributed by atoms with Crippen molar-refractivity contribution >= 4 is 22.9 Å². The first kappa shape index (κ1) is 12.9. The second-order valence-corrected chi connectivity index (χ2v) is 4.52. The Labute approximate surface area is 102 Å². The lowest BCUT2D eigenvalue weighted by Gasteiger charge is -2.22. The summed E-state index contributed by atoms with van der Waals surface area (Å²) >= 11 is 4.94. The molecule has 0 aromatic heterocycles. The van der Waals surface area contributed by atoms with E-state index in [0.717, 1.165) is 17.8 Å². The second-order valence-electron chi connectivity index (χ2n) is 4.08. The average molecular weight is 238 g/mol. The minimum absolute atomic E-state index is 0.194. The molecule has 0 fully saturated rings. The van der Waals surface area contributed by atoms with E-state index in [4.69, 9.17) is 23.1 Å². The van der Waals surface area contributed by atoms with Gasteiger partial charge in [-0.15, -0.1) is 0 Å². The fourth-order valence-electron chi connectivity index (χ4n) is 1.53. The van der Waals surface area contributed by atoms with Crippen LogP contribution < -0.4 is 10.6 Å². The lowest BCUT2D eigenvalue weighted by molar-refractivity contribution is 0.240. The normalized spacial score (nSPS) is 12.2. The molecule has 0 spiro atoms. The lowest BCUT2D eigenvalue weighted by Crippen LogP contribution is -2.26. The number of anilines is 1. The van der Waals surface area contributed by atoms with Gasteiger partial charge in [-0.3, -0.25) is 0 Å². The van der Waals surface area contributed by atoms with Crippen LogP contribution >= 0.6 is 12.2 Å². The van der Waals surface area contributed by atoms with Crippen LogP contribution in [0.15, 0.2) is 24.3 Å². The Bertz CT molecular complexity index is 368. The van der Waals surface area contributed by atoms with Crippen LogP contribution in [0.1, 0.15) is 12.5 Å². The van der Waals surface area contributed by atoms with Crippen LogP contribution in [0.2, 0.25) is 0 Å². The number of hydrogen-bond donors (Lipinski definition) is 2. The molecule has 0 radical (unpaired) electrons. The molecule has 1 unspecified atom stereocenters. The van der Waals surface area contributed by atoms with Crippen LogP contribution in [0.4, 0.5) is 5.69 Å². The van der Waals surface area contributed by atoms with Gasteiger partial charge in [-0.2, -0.15) is 0 Å². The van der Waals surface area contributed by atoms with Crippen LogP contribution in [-0.4, -0.2) is 30.3 Å². The smallest absolute Gasteiger partial charge is 0.104 e. The molecular weight excluding hydrogens is 220 g/mol. The van der Waals surface area contributed by atoms with Gasteiger partial charge in [-0.25, -0.2) is 0 Å². The van der Waals surface area contributed by atoms with Crippen molar-refractivity contribution in [2.45, 2.75) is 6.92 Å². The molecule has 1 atom stereocenters. The van der Waals surface area contributed by atoms with Gasteiger partial charge in [0.25, 0.3) is 0 Å². The number of rotatable bonds is 5. The van der Waals surface area contributed by atoms with Crippen molar-refractivity contribution in [2.75, 3.05) is 25.1 Å². The average Bonchev–Trinajstić information content (AvgIpc) is 2.28. The Balaban J connectivity index is 2.79. The van der Waals surface area contributed by atoms with Crippen molar-refractivity contribution in [3.8, 4) is 0 Å². The van der Waals surface area contributed by atoms with Crippen LogP contribution in [-0.2, 0) is 0 Å². The van der Waals surface area contributed by atoms with Gasteiger partial charge in [0.1, 0.15) is 4.99 Å². The Morgan fingerprint density at radius 2 is 2.25 bits per heavy atom. The van der Waals surface area contributed by atoms with Crippen molar-refractivity contribution in [1.29, 1.82) is 0 Å². The molecule has 0 aliphatic rings. The van der Waals surface area contributed by atoms with Gasteiger partial charge >= 0.3 is 0 Å². The van der Waals surface area contributed by atoms with Crippen LogP contribution in [0.5, 0.6) is 0 Å². The van der Waals surface area contributed by atoms with Crippen molar-refractivity contribution in [2.24, 2.45) is 11.7 Å².